The summed E-state index contributed by atoms with van der Waals surface area (Å²) in [7, 11) is 3.03. The van der Waals surface area contributed by atoms with Crippen LogP contribution in [0.25, 0.3) is 15.9 Å². The van der Waals surface area contributed by atoms with Crippen molar-refractivity contribution in [2.24, 2.45) is 0 Å². The molecule has 0 bridgehead atoms. The number of piperidine rings is 1. The number of fused-ring (bicyclic) bond motifs is 3. The molecule has 1 aliphatic carbocycles. The van der Waals surface area contributed by atoms with Crippen LogP contribution < -0.4 is 20.7 Å². The van der Waals surface area contributed by atoms with Gasteiger partial charge in [-0.3, -0.25) is 14.2 Å². The quantitative estimate of drug-likeness (QED) is 0.557. The highest BCUT2D eigenvalue weighted by Crippen LogP contribution is 2.36. The van der Waals surface area contributed by atoms with Crippen LogP contribution in [-0.4, -0.2) is 46.7 Å². The van der Waals surface area contributed by atoms with Gasteiger partial charge in [-0.15, -0.1) is 11.3 Å². The molecule has 1 amide bonds. The number of aryl methyl sites for hydroxylation is 2. The third-order valence-corrected chi connectivity index (χ3v) is 8.35. The van der Waals surface area contributed by atoms with E-state index in [2.05, 4.69) is 6.92 Å². The molecular formula is C25H29N3O5S. The number of carbonyl (C=O) groups excluding carboxylic acids is 1. The first-order valence-electron chi connectivity index (χ1n) is 11.8. The fourth-order valence-corrected chi connectivity index (χ4v) is 6.60. The standard InChI is InChI=1S/C25H29N3O5S/c1-15-7-4-5-12-26(15)21(29)14-27-24-22(17-8-6-9-20(17)34-24)23(30)28(25(27)31)18-11-10-16(32-2)13-19(18)33-3/h10-11,13,15H,4-9,12,14H2,1-3H3/t15-/m0/s1. The maximum atomic E-state index is 13.8. The van der Waals surface area contributed by atoms with Crippen molar-refractivity contribution in [3.63, 3.8) is 0 Å². The molecule has 0 unspecified atom stereocenters. The highest BCUT2D eigenvalue weighted by Gasteiger charge is 2.29. The van der Waals surface area contributed by atoms with Gasteiger partial charge in [0.25, 0.3) is 5.56 Å². The number of hydrogen-bond donors (Lipinski definition) is 0. The molecule has 9 heteroatoms. The number of likely N-dealkylation sites (tertiary alicyclic amines) is 1. The summed E-state index contributed by atoms with van der Waals surface area (Å²) < 4.78 is 13.4. The zero-order valence-electron chi connectivity index (χ0n) is 19.8. The fraction of sp³-hybridized carbons (Fsp3) is 0.480. The lowest BCUT2D eigenvalue weighted by atomic mass is 10.0. The molecule has 180 valence electrons. The van der Waals surface area contributed by atoms with E-state index in [1.165, 1.54) is 23.0 Å². The van der Waals surface area contributed by atoms with E-state index in [0.717, 1.165) is 53.5 Å². The summed E-state index contributed by atoms with van der Waals surface area (Å²) in [5, 5.41) is 0.550. The average Bonchev–Trinajstić information content (AvgIpc) is 3.43. The molecule has 8 nitrogen and oxygen atoms in total. The van der Waals surface area contributed by atoms with Gasteiger partial charge < -0.3 is 14.4 Å². The number of rotatable bonds is 5. The second-order valence-corrected chi connectivity index (χ2v) is 10.1. The van der Waals surface area contributed by atoms with Gasteiger partial charge >= 0.3 is 5.69 Å². The van der Waals surface area contributed by atoms with Gasteiger partial charge in [0.1, 0.15) is 22.9 Å². The average molecular weight is 484 g/mol. The SMILES string of the molecule is COc1ccc(-n2c(=O)c3c4c(sc3n(CC(=O)N3CCCC[C@@H]3C)c2=O)CCC4)c(OC)c1. The number of aromatic nitrogens is 2. The maximum Gasteiger partial charge on any atom is 0.337 e. The Kier molecular flexibility index (Phi) is 5.97. The highest BCUT2D eigenvalue weighted by atomic mass is 32.1. The van der Waals surface area contributed by atoms with Gasteiger partial charge in [0.2, 0.25) is 5.91 Å². The third kappa shape index (κ3) is 3.62. The van der Waals surface area contributed by atoms with Gasteiger partial charge in [-0.25, -0.2) is 9.36 Å². The second kappa shape index (κ2) is 8.94. The number of ether oxygens (including phenoxy) is 2. The summed E-state index contributed by atoms with van der Waals surface area (Å²) in [5.74, 6) is 0.823. The van der Waals surface area contributed by atoms with E-state index in [1.54, 1.807) is 25.3 Å². The third-order valence-electron chi connectivity index (χ3n) is 7.03. The highest BCUT2D eigenvalue weighted by molar-refractivity contribution is 7.19. The number of hydrogen-bond acceptors (Lipinski definition) is 6. The van der Waals surface area contributed by atoms with E-state index in [-0.39, 0.29) is 24.1 Å². The molecule has 5 rings (SSSR count). The van der Waals surface area contributed by atoms with Crippen LogP contribution in [-0.2, 0) is 24.2 Å². The zero-order valence-corrected chi connectivity index (χ0v) is 20.6. The molecule has 34 heavy (non-hydrogen) atoms. The molecule has 0 saturated carbocycles. The van der Waals surface area contributed by atoms with Gasteiger partial charge in [0, 0.05) is 23.5 Å². The van der Waals surface area contributed by atoms with Gasteiger partial charge in [-0.2, -0.15) is 0 Å². The molecule has 3 heterocycles. The van der Waals surface area contributed by atoms with Crippen LogP contribution in [0.3, 0.4) is 0 Å². The Hall–Kier alpha value is -3.07. The van der Waals surface area contributed by atoms with Crippen LogP contribution >= 0.6 is 11.3 Å². The number of carbonyl (C=O) groups is 1. The van der Waals surface area contributed by atoms with Crippen LogP contribution in [0.15, 0.2) is 27.8 Å². The Balaban J connectivity index is 1.73. The summed E-state index contributed by atoms with van der Waals surface area (Å²) in [6.45, 7) is 2.67. The first-order valence-corrected chi connectivity index (χ1v) is 12.6. The fourth-order valence-electron chi connectivity index (χ4n) is 5.22. The lowest BCUT2D eigenvalue weighted by Gasteiger charge is -2.33. The van der Waals surface area contributed by atoms with Crippen LogP contribution in [0.5, 0.6) is 11.5 Å². The predicted molar refractivity (Wildman–Crippen MR) is 132 cm³/mol. The number of nitrogens with zero attached hydrogens (tertiary/aromatic N) is 3. The largest absolute Gasteiger partial charge is 0.497 e. The molecule has 0 spiro atoms. The topological polar surface area (TPSA) is 82.8 Å². The van der Waals surface area contributed by atoms with Crippen molar-refractivity contribution in [2.45, 2.75) is 58.0 Å². The minimum absolute atomic E-state index is 0.0855. The molecule has 1 saturated heterocycles. The van der Waals surface area contributed by atoms with Crippen LogP contribution in [0.1, 0.15) is 43.0 Å². The molecular weight excluding hydrogens is 454 g/mol. The Bertz CT molecular complexity index is 1390. The smallest absolute Gasteiger partial charge is 0.337 e. The van der Waals surface area contributed by atoms with E-state index in [1.807, 2.05) is 4.90 Å². The summed E-state index contributed by atoms with van der Waals surface area (Å²) in [6, 6.07) is 5.14. The Morgan fingerprint density at radius 3 is 2.68 bits per heavy atom. The minimum Gasteiger partial charge on any atom is -0.497 e. The summed E-state index contributed by atoms with van der Waals surface area (Å²) in [6.07, 6.45) is 5.73. The van der Waals surface area contributed by atoms with E-state index in [0.29, 0.717) is 33.9 Å². The number of methoxy groups -OCH3 is 2. The van der Waals surface area contributed by atoms with Gasteiger partial charge in [-0.1, -0.05) is 0 Å². The Morgan fingerprint density at radius 1 is 1.12 bits per heavy atom. The molecule has 1 atom stereocenters. The maximum absolute atomic E-state index is 13.8. The molecule has 2 aromatic heterocycles. The second-order valence-electron chi connectivity index (χ2n) is 9.02. The predicted octanol–water partition coefficient (Wildman–Crippen LogP) is 3.12. The molecule has 1 fully saturated rings. The van der Waals surface area contributed by atoms with Crippen molar-refractivity contribution in [2.75, 3.05) is 20.8 Å². The lowest BCUT2D eigenvalue weighted by molar-refractivity contribution is -0.135. The van der Waals surface area contributed by atoms with Crippen LogP contribution in [0.4, 0.5) is 0 Å². The first kappa shape index (κ1) is 22.7. The Morgan fingerprint density at radius 2 is 1.94 bits per heavy atom. The summed E-state index contributed by atoms with van der Waals surface area (Å²) >= 11 is 1.48. The van der Waals surface area contributed by atoms with Crippen molar-refractivity contribution in [3.05, 3.63) is 49.5 Å². The number of thiophene rings is 1. The van der Waals surface area contributed by atoms with Crippen molar-refractivity contribution in [3.8, 4) is 17.2 Å². The molecule has 3 aromatic rings. The van der Waals surface area contributed by atoms with Gasteiger partial charge in [0.15, 0.2) is 0 Å². The minimum atomic E-state index is -0.529. The lowest BCUT2D eigenvalue weighted by Crippen LogP contribution is -2.46. The number of benzene rings is 1. The first-order chi connectivity index (χ1) is 16.4. The van der Waals surface area contributed by atoms with E-state index in [4.69, 9.17) is 9.47 Å². The van der Waals surface area contributed by atoms with E-state index < -0.39 is 5.69 Å². The van der Waals surface area contributed by atoms with E-state index in [9.17, 15) is 14.4 Å². The van der Waals surface area contributed by atoms with Crippen molar-refractivity contribution < 1.29 is 14.3 Å². The van der Waals surface area contributed by atoms with Crippen molar-refractivity contribution in [1.29, 1.82) is 0 Å². The van der Waals surface area contributed by atoms with Crippen LogP contribution in [0, 0.1) is 0 Å². The zero-order chi connectivity index (χ0) is 24.0. The monoisotopic (exact) mass is 483 g/mol. The molecule has 1 aliphatic heterocycles. The van der Waals surface area contributed by atoms with E-state index >= 15 is 0 Å². The van der Waals surface area contributed by atoms with Crippen LogP contribution in [0.2, 0.25) is 0 Å². The molecule has 1 aromatic carbocycles. The molecule has 0 N–H and O–H groups in total. The number of amides is 1. The summed E-state index contributed by atoms with van der Waals surface area (Å²) in [5.41, 5.74) is 0.460. The normalized spacial score (nSPS) is 17.7. The van der Waals surface area contributed by atoms with Gasteiger partial charge in [0.05, 0.1) is 25.3 Å². The van der Waals surface area contributed by atoms with Gasteiger partial charge in [-0.05, 0) is 63.1 Å². The van der Waals surface area contributed by atoms with Crippen molar-refractivity contribution >= 4 is 27.5 Å². The molecule has 2 aliphatic rings. The molecule has 0 radical (unpaired) electrons. The summed E-state index contributed by atoms with van der Waals surface area (Å²) in [4.78, 5) is 44.5. The van der Waals surface area contributed by atoms with Crippen molar-refractivity contribution in [1.82, 2.24) is 14.0 Å². The Labute approximate surface area is 201 Å².